The van der Waals surface area contributed by atoms with Gasteiger partial charge < -0.3 is 4.74 Å². The van der Waals surface area contributed by atoms with Gasteiger partial charge in [-0.25, -0.2) is 5.06 Å². The third-order valence-electron chi connectivity index (χ3n) is 6.32. The number of para-hydroxylation sites is 1. The van der Waals surface area contributed by atoms with Crippen LogP contribution in [0.4, 0.5) is 0 Å². The first kappa shape index (κ1) is 20.5. The number of nitrogens with zero attached hydrogens (tertiary/aromatic N) is 3. The zero-order valence-corrected chi connectivity index (χ0v) is 17.3. The Balaban J connectivity index is 1.53. The van der Waals surface area contributed by atoms with Crippen LogP contribution in [0.3, 0.4) is 0 Å². The number of hydroxylamine groups is 2. The van der Waals surface area contributed by atoms with E-state index in [1.807, 2.05) is 24.4 Å². The normalized spacial score (nSPS) is 21.3. The Kier molecular flexibility index (Phi) is 5.83. The maximum atomic E-state index is 12.6. The fraction of sp³-hybridized carbons (Fsp3) is 0.435. The highest BCUT2D eigenvalue weighted by molar-refractivity contribution is 5.88. The van der Waals surface area contributed by atoms with Gasteiger partial charge in [0.25, 0.3) is 0 Å². The number of carbonyl (C=O) groups excluding carboxylic acids is 2. The molecule has 3 heterocycles. The first-order valence-corrected chi connectivity index (χ1v) is 10.3. The summed E-state index contributed by atoms with van der Waals surface area (Å²) in [6.45, 7) is 6.20. The molecule has 2 saturated heterocycles. The van der Waals surface area contributed by atoms with E-state index in [1.165, 1.54) is 17.7 Å². The van der Waals surface area contributed by atoms with Crippen LogP contribution in [-0.4, -0.2) is 59.2 Å². The van der Waals surface area contributed by atoms with Gasteiger partial charge in [0.05, 0.1) is 30.7 Å². The van der Waals surface area contributed by atoms with Crippen molar-refractivity contribution in [2.75, 3.05) is 26.8 Å². The summed E-state index contributed by atoms with van der Waals surface area (Å²) in [5.74, 6) is -1.02. The van der Waals surface area contributed by atoms with E-state index in [0.717, 1.165) is 30.5 Å². The van der Waals surface area contributed by atoms with Crippen LogP contribution in [0, 0.1) is 5.92 Å². The number of benzene rings is 1. The van der Waals surface area contributed by atoms with Crippen LogP contribution in [0.2, 0.25) is 0 Å². The number of amides is 1. The Bertz CT molecular complexity index is 947. The fourth-order valence-electron chi connectivity index (χ4n) is 4.79. The highest BCUT2D eigenvalue weighted by atomic mass is 16.7. The van der Waals surface area contributed by atoms with Crippen molar-refractivity contribution in [1.82, 2.24) is 14.9 Å². The fourth-order valence-corrected chi connectivity index (χ4v) is 4.79. The number of piperidine rings is 1. The SMILES string of the molecule is C=CCON1C(=O)C[C@H](C(=O)OC)C12CCN(Cc1ccnc3ccccc13)CC2. The van der Waals surface area contributed by atoms with E-state index in [4.69, 9.17) is 9.57 Å². The Morgan fingerprint density at radius 2 is 2.07 bits per heavy atom. The number of rotatable bonds is 6. The Morgan fingerprint density at radius 1 is 1.30 bits per heavy atom. The quantitative estimate of drug-likeness (QED) is 0.540. The minimum Gasteiger partial charge on any atom is -0.469 e. The van der Waals surface area contributed by atoms with Gasteiger partial charge in [-0.05, 0) is 30.5 Å². The largest absolute Gasteiger partial charge is 0.469 e. The molecule has 2 aliphatic rings. The molecule has 0 saturated carbocycles. The molecule has 1 aromatic carbocycles. The molecule has 0 bridgehead atoms. The minimum atomic E-state index is -0.663. The van der Waals surface area contributed by atoms with Gasteiger partial charge in [-0.15, -0.1) is 6.58 Å². The molecule has 1 atom stereocenters. The number of esters is 1. The van der Waals surface area contributed by atoms with Gasteiger partial charge in [0.2, 0.25) is 5.91 Å². The van der Waals surface area contributed by atoms with Crippen LogP contribution < -0.4 is 0 Å². The Morgan fingerprint density at radius 3 is 2.80 bits per heavy atom. The number of hydrogen-bond acceptors (Lipinski definition) is 6. The van der Waals surface area contributed by atoms with E-state index >= 15 is 0 Å². The molecule has 0 radical (unpaired) electrons. The van der Waals surface area contributed by atoms with Crippen molar-refractivity contribution >= 4 is 22.8 Å². The van der Waals surface area contributed by atoms with E-state index in [0.29, 0.717) is 12.8 Å². The Labute approximate surface area is 176 Å². The van der Waals surface area contributed by atoms with Crippen LogP contribution in [0.1, 0.15) is 24.8 Å². The lowest BCUT2D eigenvalue weighted by molar-refractivity contribution is -0.218. The predicted octanol–water partition coefficient (Wildman–Crippen LogP) is 2.71. The van der Waals surface area contributed by atoms with Crippen LogP contribution >= 0.6 is 0 Å². The number of fused-ring (bicyclic) bond motifs is 1. The lowest BCUT2D eigenvalue weighted by Crippen LogP contribution is -2.57. The van der Waals surface area contributed by atoms with Crippen molar-refractivity contribution < 1.29 is 19.2 Å². The molecule has 2 fully saturated rings. The monoisotopic (exact) mass is 409 g/mol. The summed E-state index contributed by atoms with van der Waals surface area (Å²) in [6, 6.07) is 10.2. The number of methoxy groups -OCH3 is 1. The van der Waals surface area contributed by atoms with Crippen LogP contribution in [0.5, 0.6) is 0 Å². The van der Waals surface area contributed by atoms with E-state index in [1.54, 1.807) is 6.08 Å². The molecule has 2 aromatic rings. The molecule has 1 aromatic heterocycles. The topological polar surface area (TPSA) is 72.0 Å². The molecule has 2 aliphatic heterocycles. The van der Waals surface area contributed by atoms with E-state index in [9.17, 15) is 9.59 Å². The van der Waals surface area contributed by atoms with Crippen LogP contribution in [-0.2, 0) is 25.7 Å². The molecule has 30 heavy (non-hydrogen) atoms. The summed E-state index contributed by atoms with van der Waals surface area (Å²) in [5.41, 5.74) is 1.55. The summed E-state index contributed by atoms with van der Waals surface area (Å²) in [5, 5.41) is 2.59. The molecule has 0 aliphatic carbocycles. The molecule has 1 amide bonds. The third-order valence-corrected chi connectivity index (χ3v) is 6.32. The number of aromatic nitrogens is 1. The van der Waals surface area contributed by atoms with Crippen molar-refractivity contribution in [2.24, 2.45) is 5.92 Å². The molecule has 4 rings (SSSR count). The van der Waals surface area contributed by atoms with Crippen molar-refractivity contribution in [3.63, 3.8) is 0 Å². The second kappa shape index (κ2) is 8.53. The van der Waals surface area contributed by atoms with E-state index in [2.05, 4.69) is 28.6 Å². The van der Waals surface area contributed by atoms with Gasteiger partial charge in [-0.1, -0.05) is 24.3 Å². The van der Waals surface area contributed by atoms with Crippen molar-refractivity contribution in [3.8, 4) is 0 Å². The summed E-state index contributed by atoms with van der Waals surface area (Å²) in [7, 11) is 1.37. The Hall–Kier alpha value is -2.77. The van der Waals surface area contributed by atoms with Gasteiger partial charge in [0.1, 0.15) is 0 Å². The number of ether oxygens (including phenoxy) is 1. The maximum Gasteiger partial charge on any atom is 0.311 e. The highest BCUT2D eigenvalue weighted by Gasteiger charge is 2.58. The molecule has 7 nitrogen and oxygen atoms in total. The molecule has 0 N–H and O–H groups in total. The smallest absolute Gasteiger partial charge is 0.311 e. The number of hydrogen-bond donors (Lipinski definition) is 0. The van der Waals surface area contributed by atoms with E-state index < -0.39 is 11.5 Å². The maximum absolute atomic E-state index is 12.6. The van der Waals surface area contributed by atoms with Crippen molar-refractivity contribution in [3.05, 3.63) is 54.7 Å². The first-order valence-electron chi connectivity index (χ1n) is 10.3. The van der Waals surface area contributed by atoms with Gasteiger partial charge >= 0.3 is 5.97 Å². The molecular formula is C23H27N3O4. The summed E-state index contributed by atoms with van der Waals surface area (Å²) in [4.78, 5) is 37.6. The average Bonchev–Trinajstić information content (AvgIpc) is 3.04. The molecule has 0 unspecified atom stereocenters. The second-order valence-electron chi connectivity index (χ2n) is 7.92. The van der Waals surface area contributed by atoms with Gasteiger partial charge in [-0.3, -0.25) is 24.3 Å². The molecule has 7 heteroatoms. The van der Waals surface area contributed by atoms with Crippen LogP contribution in [0.15, 0.2) is 49.2 Å². The number of carbonyl (C=O) groups is 2. The van der Waals surface area contributed by atoms with Gasteiger partial charge in [0, 0.05) is 37.6 Å². The average molecular weight is 409 g/mol. The van der Waals surface area contributed by atoms with Crippen LogP contribution in [0.25, 0.3) is 10.9 Å². The first-order chi connectivity index (χ1) is 14.6. The summed E-state index contributed by atoms with van der Waals surface area (Å²) >= 11 is 0. The van der Waals surface area contributed by atoms with Crippen molar-refractivity contribution in [1.29, 1.82) is 0 Å². The highest BCUT2D eigenvalue weighted by Crippen LogP contribution is 2.44. The van der Waals surface area contributed by atoms with Gasteiger partial charge in [0.15, 0.2) is 0 Å². The lowest BCUT2D eigenvalue weighted by atomic mass is 9.77. The number of pyridine rings is 1. The van der Waals surface area contributed by atoms with Gasteiger partial charge in [-0.2, -0.15) is 0 Å². The predicted molar refractivity (Wildman–Crippen MR) is 112 cm³/mol. The molecule has 1 spiro atoms. The summed E-state index contributed by atoms with van der Waals surface area (Å²) < 4.78 is 5.02. The number of likely N-dealkylation sites (tertiary alicyclic amines) is 1. The summed E-state index contributed by atoms with van der Waals surface area (Å²) in [6.07, 6.45) is 4.88. The van der Waals surface area contributed by atoms with Crippen molar-refractivity contribution in [2.45, 2.75) is 31.3 Å². The standard InChI is InChI=1S/C23H27N3O4/c1-3-14-30-26-21(27)15-19(22(28)29-2)23(26)9-12-25(13-10-23)16-17-8-11-24-20-7-5-4-6-18(17)20/h3-8,11,19H,1,9-10,12-16H2,2H3/t19-/m1/s1. The minimum absolute atomic E-state index is 0.124. The molecular weight excluding hydrogens is 382 g/mol. The zero-order chi connectivity index (χ0) is 21.1. The zero-order valence-electron chi connectivity index (χ0n) is 17.3. The second-order valence-corrected chi connectivity index (χ2v) is 7.92. The lowest BCUT2D eigenvalue weighted by Gasteiger charge is -2.45. The third kappa shape index (κ3) is 3.59. The molecule has 158 valence electrons. The van der Waals surface area contributed by atoms with E-state index in [-0.39, 0.29) is 24.9 Å².